The molecule has 1 unspecified atom stereocenters. The molecule has 2 aromatic rings. The standard InChI is InChI=1S/C19H19F2NO4S/c20-14-10-15(21)12-16(11-14)27(23,24)22-6-1-3-17(22)13-4-5-18-19(9-13)26-8-2-7-25-18/h4-5,9-12,17H,1-3,6-8H2. The maximum atomic E-state index is 13.5. The van der Waals surface area contributed by atoms with Crippen LogP contribution in [-0.4, -0.2) is 32.5 Å². The Balaban J connectivity index is 1.69. The van der Waals surface area contributed by atoms with Crippen LogP contribution in [0.2, 0.25) is 0 Å². The summed E-state index contributed by atoms with van der Waals surface area (Å²) in [6, 6.07) is 7.33. The number of ether oxygens (including phenoxy) is 2. The van der Waals surface area contributed by atoms with E-state index in [1.165, 1.54) is 4.31 Å². The average molecular weight is 395 g/mol. The van der Waals surface area contributed by atoms with Gasteiger partial charge in [-0.1, -0.05) is 6.07 Å². The van der Waals surface area contributed by atoms with Crippen molar-refractivity contribution < 1.29 is 26.7 Å². The summed E-state index contributed by atoms with van der Waals surface area (Å²) in [5, 5.41) is 0. The molecule has 2 aliphatic heterocycles. The second-order valence-corrected chi connectivity index (χ2v) is 8.53. The van der Waals surface area contributed by atoms with Gasteiger partial charge in [0.1, 0.15) is 11.6 Å². The Bertz CT molecular complexity index is 944. The van der Waals surface area contributed by atoms with Gasteiger partial charge in [-0.3, -0.25) is 0 Å². The zero-order valence-corrected chi connectivity index (χ0v) is 15.3. The molecule has 2 aliphatic rings. The summed E-state index contributed by atoms with van der Waals surface area (Å²) in [5.74, 6) is -0.610. The predicted molar refractivity (Wildman–Crippen MR) is 94.3 cm³/mol. The number of hydrogen-bond donors (Lipinski definition) is 0. The summed E-state index contributed by atoms with van der Waals surface area (Å²) in [4.78, 5) is -0.374. The second-order valence-electron chi connectivity index (χ2n) is 6.64. The maximum absolute atomic E-state index is 13.5. The van der Waals surface area contributed by atoms with Gasteiger partial charge in [-0.2, -0.15) is 4.31 Å². The Morgan fingerprint density at radius 1 is 0.926 bits per heavy atom. The highest BCUT2D eigenvalue weighted by Crippen LogP contribution is 2.40. The third-order valence-electron chi connectivity index (χ3n) is 4.80. The summed E-state index contributed by atoms with van der Waals surface area (Å²) in [5.41, 5.74) is 0.775. The molecule has 0 aromatic heterocycles. The van der Waals surface area contributed by atoms with E-state index in [0.717, 1.165) is 24.1 Å². The third kappa shape index (κ3) is 3.51. The Morgan fingerprint density at radius 2 is 1.63 bits per heavy atom. The fraction of sp³-hybridized carbons (Fsp3) is 0.368. The van der Waals surface area contributed by atoms with Crippen LogP contribution in [0.3, 0.4) is 0 Å². The Hall–Kier alpha value is -2.19. The molecule has 0 bridgehead atoms. The first-order valence-electron chi connectivity index (χ1n) is 8.83. The van der Waals surface area contributed by atoms with E-state index >= 15 is 0 Å². The van der Waals surface area contributed by atoms with Gasteiger partial charge in [0.05, 0.1) is 24.2 Å². The molecule has 0 spiro atoms. The highest BCUT2D eigenvalue weighted by Gasteiger charge is 2.37. The Labute approximate surface area is 156 Å². The topological polar surface area (TPSA) is 55.8 Å². The highest BCUT2D eigenvalue weighted by molar-refractivity contribution is 7.89. The minimum Gasteiger partial charge on any atom is -0.490 e. The van der Waals surface area contributed by atoms with Gasteiger partial charge in [-0.05, 0) is 42.7 Å². The molecular weight excluding hydrogens is 376 g/mol. The van der Waals surface area contributed by atoms with Crippen molar-refractivity contribution in [1.82, 2.24) is 4.31 Å². The zero-order chi connectivity index (χ0) is 19.0. The van der Waals surface area contributed by atoms with Crippen LogP contribution in [0.1, 0.15) is 30.9 Å². The van der Waals surface area contributed by atoms with Gasteiger partial charge in [-0.15, -0.1) is 0 Å². The van der Waals surface area contributed by atoms with E-state index in [0.29, 0.717) is 50.2 Å². The molecular formula is C19H19F2NO4S. The van der Waals surface area contributed by atoms with E-state index in [1.807, 2.05) is 6.07 Å². The van der Waals surface area contributed by atoms with Crippen molar-refractivity contribution in [2.24, 2.45) is 0 Å². The molecule has 0 N–H and O–H groups in total. The van der Waals surface area contributed by atoms with E-state index in [-0.39, 0.29) is 4.90 Å². The Kier molecular flexibility index (Phi) is 4.77. The quantitative estimate of drug-likeness (QED) is 0.796. The van der Waals surface area contributed by atoms with E-state index in [9.17, 15) is 17.2 Å². The van der Waals surface area contributed by atoms with Crippen LogP contribution < -0.4 is 9.47 Å². The lowest BCUT2D eigenvalue weighted by Gasteiger charge is -2.25. The first kappa shape index (κ1) is 18.2. The van der Waals surface area contributed by atoms with Crippen molar-refractivity contribution in [3.05, 3.63) is 53.6 Å². The lowest BCUT2D eigenvalue weighted by Crippen LogP contribution is -2.30. The van der Waals surface area contributed by atoms with Crippen LogP contribution >= 0.6 is 0 Å². The van der Waals surface area contributed by atoms with Crippen molar-refractivity contribution in [2.45, 2.75) is 30.2 Å². The number of benzene rings is 2. The summed E-state index contributed by atoms with van der Waals surface area (Å²) in [6.07, 6.45) is 2.06. The number of rotatable bonds is 3. The van der Waals surface area contributed by atoms with Crippen molar-refractivity contribution in [2.75, 3.05) is 19.8 Å². The zero-order valence-electron chi connectivity index (χ0n) is 14.5. The Morgan fingerprint density at radius 3 is 2.37 bits per heavy atom. The van der Waals surface area contributed by atoms with E-state index < -0.39 is 27.7 Å². The fourth-order valence-electron chi connectivity index (χ4n) is 3.56. The molecule has 0 amide bonds. The van der Waals surface area contributed by atoms with Gasteiger partial charge in [0.2, 0.25) is 10.0 Å². The molecule has 0 saturated carbocycles. The van der Waals surface area contributed by atoms with Gasteiger partial charge < -0.3 is 9.47 Å². The first-order valence-corrected chi connectivity index (χ1v) is 10.3. The third-order valence-corrected chi connectivity index (χ3v) is 6.69. The second kappa shape index (κ2) is 7.09. The summed E-state index contributed by atoms with van der Waals surface area (Å²) < 4.78 is 65.7. The number of halogens is 2. The molecule has 1 saturated heterocycles. The number of hydrogen-bond acceptors (Lipinski definition) is 4. The number of sulfonamides is 1. The van der Waals surface area contributed by atoms with Crippen LogP contribution in [0, 0.1) is 11.6 Å². The van der Waals surface area contributed by atoms with Gasteiger partial charge in [0.15, 0.2) is 11.5 Å². The average Bonchev–Trinajstić information content (AvgIpc) is 3.01. The molecule has 27 heavy (non-hydrogen) atoms. The van der Waals surface area contributed by atoms with Crippen LogP contribution in [-0.2, 0) is 10.0 Å². The van der Waals surface area contributed by atoms with Crippen LogP contribution in [0.25, 0.3) is 0 Å². The minimum absolute atomic E-state index is 0.291. The van der Waals surface area contributed by atoms with Crippen molar-refractivity contribution >= 4 is 10.0 Å². The maximum Gasteiger partial charge on any atom is 0.243 e. The van der Waals surface area contributed by atoms with Crippen LogP contribution in [0.4, 0.5) is 8.78 Å². The SMILES string of the molecule is O=S(=O)(c1cc(F)cc(F)c1)N1CCCC1c1ccc2c(c1)OCCCO2. The smallest absolute Gasteiger partial charge is 0.243 e. The van der Waals surface area contributed by atoms with Gasteiger partial charge in [0.25, 0.3) is 0 Å². The van der Waals surface area contributed by atoms with Gasteiger partial charge >= 0.3 is 0 Å². The largest absolute Gasteiger partial charge is 0.490 e. The van der Waals surface area contributed by atoms with E-state index in [1.54, 1.807) is 12.1 Å². The molecule has 4 rings (SSSR count). The molecule has 0 aliphatic carbocycles. The highest BCUT2D eigenvalue weighted by atomic mass is 32.2. The molecule has 8 heteroatoms. The molecule has 144 valence electrons. The fourth-order valence-corrected chi connectivity index (χ4v) is 5.29. The molecule has 5 nitrogen and oxygen atoms in total. The van der Waals surface area contributed by atoms with Crippen LogP contribution in [0.5, 0.6) is 11.5 Å². The lowest BCUT2D eigenvalue weighted by atomic mass is 10.0. The summed E-state index contributed by atoms with van der Waals surface area (Å²) in [7, 11) is -4.03. The normalized spacial score (nSPS) is 20.4. The molecule has 2 heterocycles. The monoisotopic (exact) mass is 395 g/mol. The summed E-state index contributed by atoms with van der Waals surface area (Å²) in [6.45, 7) is 1.40. The van der Waals surface area contributed by atoms with Crippen molar-refractivity contribution in [3.8, 4) is 11.5 Å². The predicted octanol–water partition coefficient (Wildman–Crippen LogP) is 3.65. The molecule has 0 radical (unpaired) electrons. The van der Waals surface area contributed by atoms with Crippen molar-refractivity contribution in [1.29, 1.82) is 0 Å². The number of nitrogens with zero attached hydrogens (tertiary/aromatic N) is 1. The molecule has 1 fully saturated rings. The number of fused-ring (bicyclic) bond motifs is 1. The van der Waals surface area contributed by atoms with Gasteiger partial charge in [0, 0.05) is 19.0 Å². The molecule has 2 aromatic carbocycles. The summed E-state index contributed by atoms with van der Waals surface area (Å²) >= 11 is 0. The molecule has 1 atom stereocenters. The van der Waals surface area contributed by atoms with Crippen molar-refractivity contribution in [3.63, 3.8) is 0 Å². The minimum atomic E-state index is -4.03. The van der Waals surface area contributed by atoms with Crippen LogP contribution in [0.15, 0.2) is 41.3 Å². The first-order chi connectivity index (χ1) is 12.9. The van der Waals surface area contributed by atoms with Gasteiger partial charge in [-0.25, -0.2) is 17.2 Å². The van der Waals surface area contributed by atoms with E-state index in [2.05, 4.69) is 0 Å². The van der Waals surface area contributed by atoms with E-state index in [4.69, 9.17) is 9.47 Å². The lowest BCUT2D eigenvalue weighted by molar-refractivity contribution is 0.296.